The molecule has 1 fully saturated rings. The summed E-state index contributed by atoms with van der Waals surface area (Å²) in [7, 11) is 0. The molecule has 8 heterocycles. The van der Waals surface area contributed by atoms with Gasteiger partial charge in [0.1, 0.15) is 44.7 Å². The van der Waals surface area contributed by atoms with Crippen LogP contribution in [0.1, 0.15) is 85.4 Å². The van der Waals surface area contributed by atoms with Crippen molar-refractivity contribution in [2.75, 3.05) is 11.5 Å². The highest BCUT2D eigenvalue weighted by Crippen LogP contribution is 2.42. The van der Waals surface area contributed by atoms with Gasteiger partial charge < -0.3 is 25.3 Å². The van der Waals surface area contributed by atoms with Gasteiger partial charge >= 0.3 is 35.3 Å². The molecule has 2 aliphatic rings. The molecule has 34 heteroatoms. The molecule has 4 amide bonds. The monoisotopic (exact) mass is 1660 g/mol. The molecule has 114 heavy (non-hydrogen) atoms. The Morgan fingerprint density at radius 3 is 1.75 bits per heavy atom. The van der Waals surface area contributed by atoms with Crippen molar-refractivity contribution < 1.29 is 48.5 Å². The Kier molecular flexibility index (Phi) is 29.3. The molecule has 14 rings (SSSR count). The van der Waals surface area contributed by atoms with Gasteiger partial charge in [0.15, 0.2) is 0 Å². The summed E-state index contributed by atoms with van der Waals surface area (Å²) in [6.45, 7) is 1.97. The number of aromatic amines is 4. The number of benzene rings is 5. The van der Waals surface area contributed by atoms with Crippen LogP contribution in [0.25, 0.3) is 61.2 Å². The SMILES string of the molecule is CCSc1c(-c2ccccc2)nc2c(Cl)ccc(Cl)c2c1C(=O)O.N#Cc1c(-c2ccccc2)cc(-c2cccc(F)c2)nc1SCC(=O)O.N#Cc1cc2c(nc1SCc1cc(=O)[nH]c(=O)[nH]1)CCCC2.N#Cc1ccc(-c2cccs2)nc1SCc1cc(=O)[nH]c(=O)[nH]1.O=C1NC(=O)C(=Cc2ccc(C(=O)O)cc2)C(=O)N1. The zero-order chi connectivity index (χ0) is 81.5. The second-order valence-corrected chi connectivity index (χ2v) is 29.8. The molecule has 0 unspecified atom stereocenters. The van der Waals surface area contributed by atoms with Gasteiger partial charge in [-0.25, -0.2) is 48.3 Å². The number of carbonyl (C=O) groups excluding carboxylic acids is 3. The summed E-state index contributed by atoms with van der Waals surface area (Å²) in [5.74, 6) is -3.87. The van der Waals surface area contributed by atoms with Gasteiger partial charge in [-0.2, -0.15) is 15.8 Å². The number of nitrogens with one attached hydrogen (secondary N) is 6. The number of hydrogen-bond acceptors (Lipinski definition) is 22. The molecule has 9 N–H and O–H groups in total. The summed E-state index contributed by atoms with van der Waals surface area (Å²) < 4.78 is 13.6. The molecule has 0 radical (unpaired) electrons. The van der Waals surface area contributed by atoms with E-state index in [9.17, 15) is 73.2 Å². The van der Waals surface area contributed by atoms with Crippen molar-refractivity contribution in [2.24, 2.45) is 0 Å². The van der Waals surface area contributed by atoms with Gasteiger partial charge in [0.05, 0.1) is 71.1 Å². The van der Waals surface area contributed by atoms with Crippen LogP contribution in [0.5, 0.6) is 0 Å². The van der Waals surface area contributed by atoms with Gasteiger partial charge in [0, 0.05) is 67.7 Å². The van der Waals surface area contributed by atoms with Crippen LogP contribution < -0.4 is 33.1 Å². The number of thioether (sulfide) groups is 4. The van der Waals surface area contributed by atoms with Gasteiger partial charge in [-0.05, 0) is 126 Å². The number of pyridine rings is 4. The first-order valence-electron chi connectivity index (χ1n) is 33.8. The van der Waals surface area contributed by atoms with Crippen LogP contribution in [0, 0.1) is 39.8 Å². The molecule has 7 aromatic heterocycles. The highest BCUT2D eigenvalue weighted by atomic mass is 35.5. The first kappa shape index (κ1) is 83.6. The number of urea groups is 1. The highest BCUT2D eigenvalue weighted by molar-refractivity contribution is 8.00. The van der Waals surface area contributed by atoms with Crippen LogP contribution in [0.4, 0.5) is 9.18 Å². The Hall–Kier alpha value is -12.8. The van der Waals surface area contributed by atoms with E-state index in [2.05, 4.69) is 58.1 Å². The van der Waals surface area contributed by atoms with Crippen LogP contribution in [0.3, 0.4) is 0 Å². The quantitative estimate of drug-likeness (QED) is 0.0219. The molecular weight excluding hydrogens is 1600 g/mol. The van der Waals surface area contributed by atoms with E-state index in [1.54, 1.807) is 47.7 Å². The number of nitriles is 3. The van der Waals surface area contributed by atoms with Gasteiger partial charge in [-0.15, -0.1) is 23.1 Å². The molecule has 0 saturated carbocycles. The smallest absolute Gasteiger partial charge is 0.337 e. The summed E-state index contributed by atoms with van der Waals surface area (Å²) >= 11 is 19.2. The van der Waals surface area contributed by atoms with Gasteiger partial charge in [-0.1, -0.05) is 156 Å². The number of halogens is 3. The third kappa shape index (κ3) is 22.3. The fourth-order valence-corrected chi connectivity index (χ4v) is 15.6. The number of hydrogen-bond donors (Lipinski definition) is 9. The number of aliphatic carboxylic acids is 1. The second-order valence-electron chi connectivity index (χ2n) is 23.9. The number of rotatable bonds is 18. The third-order valence-corrected chi connectivity index (χ3v) is 21.6. The lowest BCUT2D eigenvalue weighted by molar-refractivity contribution is -0.134. The van der Waals surface area contributed by atoms with Gasteiger partial charge in [-0.3, -0.25) is 44.6 Å². The number of aromatic carboxylic acids is 2. The minimum atomic E-state index is -1.07. The number of fused-ring (bicyclic) bond motifs is 2. The van der Waals surface area contributed by atoms with Crippen molar-refractivity contribution in [1.29, 1.82) is 15.8 Å². The number of carboxylic acid groups (broad SMARTS) is 3. The fourth-order valence-electron chi connectivity index (χ4n) is 11.1. The van der Waals surface area contributed by atoms with Crippen LogP contribution in [0.2, 0.25) is 10.0 Å². The highest BCUT2D eigenvalue weighted by Gasteiger charge is 2.29. The van der Waals surface area contributed by atoms with Crippen LogP contribution in [-0.4, -0.2) is 102 Å². The van der Waals surface area contributed by atoms with E-state index in [4.69, 9.17) is 33.4 Å². The average Bonchev–Trinajstić information content (AvgIpc) is 0.784. The topological polar surface area (TPSA) is 442 Å². The number of thiophene rings is 1. The number of nitrogens with zero attached hydrogens (tertiary/aromatic N) is 7. The van der Waals surface area contributed by atoms with Crippen LogP contribution in [0.15, 0.2) is 220 Å². The van der Waals surface area contributed by atoms with Crippen molar-refractivity contribution >= 4 is 134 Å². The predicted molar refractivity (Wildman–Crippen MR) is 434 cm³/mol. The number of barbiturate groups is 1. The first-order chi connectivity index (χ1) is 54.9. The number of carbonyl (C=O) groups is 6. The minimum absolute atomic E-state index is 0.0925. The predicted octanol–water partition coefficient (Wildman–Crippen LogP) is 14.6. The van der Waals surface area contributed by atoms with E-state index in [-0.39, 0.29) is 22.5 Å². The summed E-state index contributed by atoms with van der Waals surface area (Å²) in [6, 6.07) is 52.9. The lowest BCUT2D eigenvalue weighted by Gasteiger charge is -2.16. The second kappa shape index (κ2) is 39.9. The molecule has 572 valence electrons. The number of H-pyrrole nitrogens is 4. The maximum Gasteiger partial charge on any atom is 0.337 e. The van der Waals surface area contributed by atoms with E-state index in [1.807, 2.05) is 108 Å². The molecule has 5 aromatic carbocycles. The van der Waals surface area contributed by atoms with Gasteiger partial charge in [0.25, 0.3) is 22.9 Å². The average molecular weight is 1660 g/mol. The lowest BCUT2D eigenvalue weighted by Crippen LogP contribution is -2.51. The number of carboxylic acids is 3. The number of amides is 4. The molecule has 0 atom stereocenters. The van der Waals surface area contributed by atoms with E-state index in [0.717, 1.165) is 70.4 Å². The van der Waals surface area contributed by atoms with E-state index >= 15 is 0 Å². The third-order valence-electron chi connectivity index (χ3n) is 16.1. The molecule has 1 aliphatic heterocycles. The van der Waals surface area contributed by atoms with Crippen molar-refractivity contribution in [2.45, 2.75) is 64.1 Å². The minimum Gasteiger partial charge on any atom is -0.481 e. The fraction of sp³-hybridized carbons (Fsp3) is 0.113. The summed E-state index contributed by atoms with van der Waals surface area (Å²) in [5.41, 5.74) is 8.21. The van der Waals surface area contributed by atoms with E-state index in [0.29, 0.717) is 114 Å². The Balaban J connectivity index is 0.000000151. The zero-order valence-electron chi connectivity index (χ0n) is 59.2. The van der Waals surface area contributed by atoms with Crippen molar-refractivity contribution in [1.82, 2.24) is 50.5 Å². The normalized spacial score (nSPS) is 11.8. The summed E-state index contributed by atoms with van der Waals surface area (Å²) in [4.78, 5) is 142. The largest absolute Gasteiger partial charge is 0.481 e. The summed E-state index contributed by atoms with van der Waals surface area (Å²) in [5, 5.41) is 64.1. The Morgan fingerprint density at radius 1 is 0.579 bits per heavy atom. The van der Waals surface area contributed by atoms with E-state index in [1.165, 1.54) is 89.9 Å². The molecule has 12 aromatic rings. The molecular formula is C80H58Cl2FN13O13S5. The lowest BCUT2D eigenvalue weighted by atomic mass is 9.95. The van der Waals surface area contributed by atoms with Crippen molar-refractivity contribution in [3.63, 3.8) is 0 Å². The van der Waals surface area contributed by atoms with Crippen LogP contribution in [-0.2, 0) is 38.7 Å². The Morgan fingerprint density at radius 2 is 1.18 bits per heavy atom. The number of aryl methyl sites for hydroxylation is 2. The van der Waals surface area contributed by atoms with Crippen molar-refractivity contribution in [3.05, 3.63) is 294 Å². The zero-order valence-corrected chi connectivity index (χ0v) is 64.8. The molecule has 1 saturated heterocycles. The maximum absolute atomic E-state index is 13.6. The number of aromatic nitrogens is 8. The molecule has 0 spiro atoms. The molecule has 26 nitrogen and oxygen atoms in total. The Bertz CT molecular complexity index is 6030. The van der Waals surface area contributed by atoms with Gasteiger partial charge in [0.2, 0.25) is 0 Å². The number of imide groups is 2. The maximum atomic E-state index is 13.6. The Labute approximate surface area is 676 Å². The molecule has 0 bridgehead atoms. The summed E-state index contributed by atoms with van der Waals surface area (Å²) in [6.07, 6.45) is 5.44. The van der Waals surface area contributed by atoms with Crippen LogP contribution >= 0.6 is 81.6 Å². The standard InChI is InChI=1S/C20H13FN2O2S.C18H13Cl2NO2S.C15H10N4O2S2.C15H14N4O2S.C12H8N2O5/c21-15-8-4-7-14(9-15)18-10-16(13-5-2-1-3-6-13)17(11-22)20(23-18)26-12-19(24)25;1-2-24-17-14(18(22)23)13-11(19)8-9-12(20)16(13)21-15(17)10-6-4-3-5-7-10;16-7-9-3-4-11(12-2-1-5-22-12)18-14(9)23-8-10-6-13(20)19-15(21)17-10;16-7-10-5-9-3-1-2-4-12(9)18-14(10)22-8-11-6-13(20)19-15(21)17-11;15-9-8(10(16)14-12(19)13-9)5-6-1-3-7(4-2-6)11(17)18/h1-10H,12H2,(H,24,25);3-9H,2H2,1H3,(H,22,23);1-6H,8H2,(H2,17,19,20,21);5-6H,1-4,8H2,(H2,17,19,20,21);1-5H,(H,17,18)(H2,13,14,15,16,19). The van der Waals surface area contributed by atoms with Crippen molar-refractivity contribution in [3.8, 4) is 62.4 Å². The van der Waals surface area contributed by atoms with E-state index < -0.39 is 64.1 Å². The first-order valence-corrected chi connectivity index (χ1v) is 39.3. The molecule has 1 aliphatic carbocycles.